The van der Waals surface area contributed by atoms with E-state index in [2.05, 4.69) is 40.0 Å². The molecule has 0 amide bonds. The Bertz CT molecular complexity index is 375. The molecule has 2 rings (SSSR count). The Morgan fingerprint density at radius 1 is 1.67 bits per heavy atom. The number of rotatable bonds is 3. The lowest BCUT2D eigenvalue weighted by atomic mass is 10.1. The van der Waals surface area contributed by atoms with Crippen LogP contribution < -0.4 is 5.32 Å². The summed E-state index contributed by atoms with van der Waals surface area (Å²) in [6.45, 7) is 6.42. The molecule has 3 atom stereocenters. The third kappa shape index (κ3) is 2.77. The average molecular weight is 320 g/mol. The number of nitrogens with zero attached hydrogens (tertiary/aromatic N) is 2. The van der Waals surface area contributed by atoms with Gasteiger partial charge in [-0.2, -0.15) is 0 Å². The van der Waals surface area contributed by atoms with E-state index >= 15 is 0 Å². The molecule has 0 aromatic rings. The maximum atomic E-state index is 10.8. The van der Waals surface area contributed by atoms with E-state index in [0.717, 1.165) is 26.1 Å². The summed E-state index contributed by atoms with van der Waals surface area (Å²) in [5.41, 5.74) is 0. The molecular weight excluding hydrogens is 302 g/mol. The Balaban J connectivity index is 2.08. The summed E-state index contributed by atoms with van der Waals surface area (Å²) in [5.74, 6) is 1.04. The van der Waals surface area contributed by atoms with Gasteiger partial charge in [0.2, 0.25) is 0 Å². The van der Waals surface area contributed by atoms with Gasteiger partial charge in [0.05, 0.1) is 17.6 Å². The number of hydrogen-bond donors (Lipinski definition) is 1. The quantitative estimate of drug-likeness (QED) is 0.485. The lowest BCUT2D eigenvalue weighted by molar-refractivity contribution is -0.411. The van der Waals surface area contributed by atoms with E-state index in [1.807, 2.05) is 0 Å². The standard InChI is InChI=1S/C11H18BrN3O3/c1-7-4-13-11(10(12)15(16)17)14(7)5-9-3-8(2)18-6-9/h7-9,13H,3-6H2,1-2H3. The SMILES string of the molecule is CC1CC(CN2C(=C(Br)[N+](=O)[O-])NCC2C)CO1. The predicted octanol–water partition coefficient (Wildman–Crippen LogP) is 1.50. The molecule has 2 heterocycles. The summed E-state index contributed by atoms with van der Waals surface area (Å²) < 4.78 is 5.56. The van der Waals surface area contributed by atoms with Crippen LogP contribution >= 0.6 is 15.9 Å². The molecule has 3 unspecified atom stereocenters. The Hall–Kier alpha value is -0.820. The maximum absolute atomic E-state index is 10.8. The minimum absolute atomic E-state index is 0.0128. The van der Waals surface area contributed by atoms with Gasteiger partial charge in [-0.05, 0) is 20.3 Å². The van der Waals surface area contributed by atoms with E-state index in [9.17, 15) is 10.1 Å². The summed E-state index contributed by atoms with van der Waals surface area (Å²) in [5, 5.41) is 13.9. The van der Waals surface area contributed by atoms with Crippen molar-refractivity contribution in [2.45, 2.75) is 32.4 Å². The molecule has 0 spiro atoms. The molecule has 0 bridgehead atoms. The van der Waals surface area contributed by atoms with Crippen LogP contribution in [0, 0.1) is 16.0 Å². The highest BCUT2D eigenvalue weighted by molar-refractivity contribution is 9.11. The summed E-state index contributed by atoms with van der Waals surface area (Å²) in [4.78, 5) is 12.5. The largest absolute Gasteiger partial charge is 0.378 e. The van der Waals surface area contributed by atoms with E-state index in [-0.39, 0.29) is 10.6 Å². The van der Waals surface area contributed by atoms with Gasteiger partial charge in [-0.25, -0.2) is 0 Å². The Morgan fingerprint density at radius 3 is 2.94 bits per heavy atom. The van der Waals surface area contributed by atoms with Gasteiger partial charge in [-0.3, -0.25) is 10.1 Å². The first-order valence-electron chi connectivity index (χ1n) is 6.15. The summed E-state index contributed by atoms with van der Waals surface area (Å²) >= 11 is 3.04. The Morgan fingerprint density at radius 2 is 2.39 bits per heavy atom. The van der Waals surface area contributed by atoms with Crippen LogP contribution in [0.15, 0.2) is 10.4 Å². The third-order valence-electron chi connectivity index (χ3n) is 3.48. The van der Waals surface area contributed by atoms with Crippen LogP contribution in [0.4, 0.5) is 0 Å². The lowest BCUT2D eigenvalue weighted by Crippen LogP contribution is -2.33. The van der Waals surface area contributed by atoms with Crippen molar-refractivity contribution in [3.8, 4) is 0 Å². The van der Waals surface area contributed by atoms with Crippen molar-refractivity contribution < 1.29 is 9.66 Å². The number of nitro groups is 1. The van der Waals surface area contributed by atoms with Gasteiger partial charge in [0.1, 0.15) is 0 Å². The van der Waals surface area contributed by atoms with Crippen molar-refractivity contribution in [3.05, 3.63) is 20.5 Å². The molecule has 102 valence electrons. The maximum Gasteiger partial charge on any atom is 0.350 e. The third-order valence-corrected chi connectivity index (χ3v) is 4.14. The van der Waals surface area contributed by atoms with Crippen molar-refractivity contribution in [1.82, 2.24) is 10.2 Å². The molecule has 0 aliphatic carbocycles. The van der Waals surface area contributed by atoms with E-state index in [4.69, 9.17) is 4.74 Å². The van der Waals surface area contributed by atoms with Crippen LogP contribution in [0.3, 0.4) is 0 Å². The molecule has 18 heavy (non-hydrogen) atoms. The molecule has 2 fully saturated rings. The minimum Gasteiger partial charge on any atom is -0.378 e. The van der Waals surface area contributed by atoms with Crippen LogP contribution in [-0.4, -0.2) is 41.7 Å². The molecule has 6 nitrogen and oxygen atoms in total. The molecule has 1 N–H and O–H groups in total. The molecule has 2 saturated heterocycles. The fourth-order valence-corrected chi connectivity index (χ4v) is 2.90. The first-order valence-corrected chi connectivity index (χ1v) is 6.94. The second-order valence-electron chi connectivity index (χ2n) is 5.02. The molecule has 0 radical (unpaired) electrons. The van der Waals surface area contributed by atoms with E-state index in [1.54, 1.807) is 0 Å². The minimum atomic E-state index is -0.402. The van der Waals surface area contributed by atoms with E-state index in [0.29, 0.717) is 17.8 Å². The van der Waals surface area contributed by atoms with Crippen molar-refractivity contribution in [2.24, 2.45) is 5.92 Å². The topological polar surface area (TPSA) is 67.6 Å². The van der Waals surface area contributed by atoms with Gasteiger partial charge in [0.15, 0.2) is 5.82 Å². The zero-order valence-electron chi connectivity index (χ0n) is 10.6. The fourth-order valence-electron chi connectivity index (χ4n) is 2.54. The monoisotopic (exact) mass is 319 g/mol. The molecule has 0 aromatic heterocycles. The van der Waals surface area contributed by atoms with Gasteiger partial charge in [-0.15, -0.1) is 0 Å². The Labute approximate surface area is 115 Å². The van der Waals surface area contributed by atoms with Crippen LogP contribution in [0.25, 0.3) is 0 Å². The van der Waals surface area contributed by atoms with Gasteiger partial charge < -0.3 is 15.0 Å². The summed E-state index contributed by atoms with van der Waals surface area (Å²) in [7, 11) is 0. The number of ether oxygens (including phenoxy) is 1. The van der Waals surface area contributed by atoms with Crippen LogP contribution in [-0.2, 0) is 4.74 Å². The molecule has 0 saturated carbocycles. The zero-order valence-corrected chi connectivity index (χ0v) is 12.1. The highest BCUT2D eigenvalue weighted by atomic mass is 79.9. The molecule has 0 aromatic carbocycles. The number of nitrogens with one attached hydrogen (secondary N) is 1. The van der Waals surface area contributed by atoms with E-state index in [1.165, 1.54) is 0 Å². The van der Waals surface area contributed by atoms with Crippen LogP contribution in [0.1, 0.15) is 20.3 Å². The Kier molecular flexibility index (Phi) is 4.11. The normalized spacial score (nSPS) is 34.6. The van der Waals surface area contributed by atoms with Gasteiger partial charge in [0.25, 0.3) is 0 Å². The number of halogens is 1. The second kappa shape index (κ2) is 5.44. The number of hydrogen-bond acceptors (Lipinski definition) is 5. The van der Waals surface area contributed by atoms with Crippen LogP contribution in [0.5, 0.6) is 0 Å². The highest BCUT2D eigenvalue weighted by Crippen LogP contribution is 2.27. The summed E-state index contributed by atoms with van der Waals surface area (Å²) in [6, 6.07) is 0.267. The predicted molar refractivity (Wildman–Crippen MR) is 70.6 cm³/mol. The molecule has 2 aliphatic rings. The van der Waals surface area contributed by atoms with Crippen molar-refractivity contribution >= 4 is 15.9 Å². The van der Waals surface area contributed by atoms with Gasteiger partial charge >= 0.3 is 4.61 Å². The van der Waals surface area contributed by atoms with Crippen LogP contribution in [0.2, 0.25) is 0 Å². The first-order chi connectivity index (χ1) is 8.49. The van der Waals surface area contributed by atoms with Gasteiger partial charge in [-0.1, -0.05) is 0 Å². The summed E-state index contributed by atoms with van der Waals surface area (Å²) in [6.07, 6.45) is 1.32. The van der Waals surface area contributed by atoms with E-state index < -0.39 is 4.92 Å². The molecular formula is C11H18BrN3O3. The fraction of sp³-hybridized carbons (Fsp3) is 0.818. The van der Waals surface area contributed by atoms with Gasteiger partial charge in [0, 0.05) is 41.0 Å². The second-order valence-corrected chi connectivity index (χ2v) is 5.78. The lowest BCUT2D eigenvalue weighted by Gasteiger charge is -2.25. The molecule has 2 aliphatic heterocycles. The average Bonchev–Trinajstić information content (AvgIpc) is 2.87. The highest BCUT2D eigenvalue weighted by Gasteiger charge is 2.34. The zero-order chi connectivity index (χ0) is 13.3. The smallest absolute Gasteiger partial charge is 0.350 e. The first kappa shape index (κ1) is 13.6. The van der Waals surface area contributed by atoms with Crippen molar-refractivity contribution in [1.29, 1.82) is 0 Å². The molecule has 7 heteroatoms. The van der Waals surface area contributed by atoms with Crippen molar-refractivity contribution in [2.75, 3.05) is 19.7 Å². The van der Waals surface area contributed by atoms with Crippen molar-refractivity contribution in [3.63, 3.8) is 0 Å².